The van der Waals surface area contributed by atoms with Crippen molar-refractivity contribution >= 4 is 35.0 Å². The Morgan fingerprint density at radius 2 is 1.56 bits per heavy atom. The number of rotatable bonds is 15. The summed E-state index contributed by atoms with van der Waals surface area (Å²) in [6.45, 7) is 2.75. The number of carbonyl (C=O) groups is 2. The molecular weight excluding hydrogens is 525 g/mol. The van der Waals surface area contributed by atoms with Crippen molar-refractivity contribution in [2.45, 2.75) is 45.6 Å². The van der Waals surface area contributed by atoms with Gasteiger partial charge in [0.25, 0.3) is 0 Å². The topological polar surface area (TPSA) is 98.0 Å². The number of aromatic nitrogens is 1. The molecule has 0 amide bonds. The smallest absolute Gasteiger partial charge is 0.323 e. The first-order chi connectivity index (χ1) is 19.8. The summed E-state index contributed by atoms with van der Waals surface area (Å²) in [5, 5.41) is 19.5. The Balaban J connectivity index is 1.38. The largest absolute Gasteiger partial charge is 0.494 e. The van der Waals surface area contributed by atoms with E-state index >= 15 is 0 Å². The summed E-state index contributed by atoms with van der Waals surface area (Å²) in [7, 11) is 0. The number of aliphatic carboxylic acids is 2. The summed E-state index contributed by atoms with van der Waals surface area (Å²) >= 11 is 0. The highest BCUT2D eigenvalue weighted by Gasteiger charge is 2.18. The van der Waals surface area contributed by atoms with E-state index in [4.69, 9.17) is 14.6 Å². The van der Waals surface area contributed by atoms with Crippen LogP contribution < -0.4 is 9.47 Å². The Hall–Kier alpha value is -4.59. The number of carboxylic acid groups (broad SMARTS) is 2. The van der Waals surface area contributed by atoms with Gasteiger partial charge in [-0.3, -0.25) is 9.59 Å². The van der Waals surface area contributed by atoms with Gasteiger partial charge in [-0.15, -0.1) is 0 Å². The number of hydrogen-bond donors (Lipinski definition) is 2. The van der Waals surface area contributed by atoms with E-state index in [0.29, 0.717) is 31.8 Å². The molecule has 1 heterocycles. The zero-order valence-electron chi connectivity index (χ0n) is 23.0. The van der Waals surface area contributed by atoms with Gasteiger partial charge in [-0.2, -0.15) is 0 Å². The molecule has 0 aliphatic carbocycles. The number of benzene rings is 3. The number of unbranched alkanes of at least 4 members (excludes halogenated alkanes) is 1. The van der Waals surface area contributed by atoms with Crippen molar-refractivity contribution in [1.82, 2.24) is 4.57 Å². The first-order valence-corrected chi connectivity index (χ1v) is 13.7. The molecule has 0 aliphatic heterocycles. The molecule has 0 radical (unpaired) electrons. The second-order valence-electron chi connectivity index (χ2n) is 9.80. The number of halogens is 1. The first kappa shape index (κ1) is 29.4. The number of para-hydroxylation sites is 1. The molecule has 1 aromatic heterocycles. The lowest BCUT2D eigenvalue weighted by Crippen LogP contribution is -2.10. The lowest BCUT2D eigenvalue weighted by molar-refractivity contribution is -0.138. The van der Waals surface area contributed by atoms with Crippen molar-refractivity contribution in [2.75, 3.05) is 13.2 Å². The third-order valence-corrected chi connectivity index (χ3v) is 6.82. The molecule has 41 heavy (non-hydrogen) atoms. The summed E-state index contributed by atoms with van der Waals surface area (Å²) in [6.07, 6.45) is 6.64. The SMILES string of the molecule is Cc1c(CCCC(=O)O)c2cccc(C=Cc3ccc(OCCCCOc4cccc(F)c4)cc3)c2n1CC(=O)O. The Morgan fingerprint density at radius 1 is 0.854 bits per heavy atom. The van der Waals surface area contributed by atoms with Crippen molar-refractivity contribution in [3.8, 4) is 11.5 Å². The third-order valence-electron chi connectivity index (χ3n) is 6.82. The van der Waals surface area contributed by atoms with Crippen LogP contribution in [0.3, 0.4) is 0 Å². The number of carboxylic acids is 2. The molecule has 3 aromatic carbocycles. The van der Waals surface area contributed by atoms with E-state index in [1.807, 2.05) is 61.5 Å². The predicted octanol–water partition coefficient (Wildman–Crippen LogP) is 6.99. The van der Waals surface area contributed by atoms with Gasteiger partial charge in [0, 0.05) is 23.6 Å². The van der Waals surface area contributed by atoms with E-state index in [1.54, 1.807) is 16.7 Å². The van der Waals surface area contributed by atoms with Crippen molar-refractivity contribution in [1.29, 1.82) is 0 Å². The van der Waals surface area contributed by atoms with Crippen molar-refractivity contribution in [2.24, 2.45) is 0 Å². The monoisotopic (exact) mass is 559 g/mol. The molecule has 0 unspecified atom stereocenters. The summed E-state index contributed by atoms with van der Waals surface area (Å²) in [5.74, 6) is -0.817. The molecule has 0 saturated carbocycles. The van der Waals surface area contributed by atoms with Crippen LogP contribution in [0.2, 0.25) is 0 Å². The van der Waals surface area contributed by atoms with E-state index in [-0.39, 0.29) is 18.8 Å². The molecule has 214 valence electrons. The molecule has 0 spiro atoms. The van der Waals surface area contributed by atoms with Gasteiger partial charge in [-0.1, -0.05) is 48.6 Å². The van der Waals surface area contributed by atoms with Gasteiger partial charge in [-0.25, -0.2) is 4.39 Å². The van der Waals surface area contributed by atoms with Crippen LogP contribution in [0, 0.1) is 12.7 Å². The average Bonchev–Trinajstić information content (AvgIpc) is 3.20. The van der Waals surface area contributed by atoms with Gasteiger partial charge in [0.05, 0.1) is 18.7 Å². The highest BCUT2D eigenvalue weighted by molar-refractivity contribution is 5.95. The van der Waals surface area contributed by atoms with Gasteiger partial charge in [0.1, 0.15) is 23.9 Å². The van der Waals surface area contributed by atoms with Crippen LogP contribution in [0.15, 0.2) is 66.7 Å². The second kappa shape index (κ2) is 14.2. The van der Waals surface area contributed by atoms with E-state index in [0.717, 1.165) is 51.9 Å². The molecular formula is C33H34FNO6. The van der Waals surface area contributed by atoms with Crippen LogP contribution in [0.1, 0.15) is 48.1 Å². The van der Waals surface area contributed by atoms with E-state index in [9.17, 15) is 19.1 Å². The first-order valence-electron chi connectivity index (χ1n) is 13.7. The predicted molar refractivity (Wildman–Crippen MR) is 157 cm³/mol. The van der Waals surface area contributed by atoms with Gasteiger partial charge in [0.15, 0.2) is 0 Å². The number of nitrogens with zero attached hydrogens (tertiary/aromatic N) is 1. The van der Waals surface area contributed by atoms with Crippen LogP contribution in [-0.2, 0) is 22.6 Å². The average molecular weight is 560 g/mol. The minimum Gasteiger partial charge on any atom is -0.494 e. The lowest BCUT2D eigenvalue weighted by atomic mass is 10.0. The van der Waals surface area contributed by atoms with Crippen LogP contribution in [0.5, 0.6) is 11.5 Å². The molecule has 0 fully saturated rings. The Labute approximate surface area is 238 Å². The van der Waals surface area contributed by atoms with Crippen LogP contribution in [0.4, 0.5) is 4.39 Å². The lowest BCUT2D eigenvalue weighted by Gasteiger charge is -2.08. The maximum absolute atomic E-state index is 13.2. The quantitative estimate of drug-likeness (QED) is 0.120. The molecule has 0 aliphatic rings. The highest BCUT2D eigenvalue weighted by Crippen LogP contribution is 2.31. The van der Waals surface area contributed by atoms with Crippen LogP contribution in [0.25, 0.3) is 23.1 Å². The second-order valence-corrected chi connectivity index (χ2v) is 9.80. The minimum atomic E-state index is -0.935. The van der Waals surface area contributed by atoms with Gasteiger partial charge < -0.3 is 24.3 Å². The molecule has 0 saturated heterocycles. The summed E-state index contributed by atoms with van der Waals surface area (Å²) < 4.78 is 26.4. The highest BCUT2D eigenvalue weighted by atomic mass is 19.1. The number of ether oxygens (including phenoxy) is 2. The van der Waals surface area contributed by atoms with E-state index < -0.39 is 11.9 Å². The van der Waals surface area contributed by atoms with Crippen molar-refractivity contribution in [3.05, 3.63) is 94.9 Å². The van der Waals surface area contributed by atoms with Crippen LogP contribution in [-0.4, -0.2) is 39.9 Å². The van der Waals surface area contributed by atoms with Gasteiger partial charge in [0.2, 0.25) is 0 Å². The van der Waals surface area contributed by atoms with Crippen molar-refractivity contribution in [3.63, 3.8) is 0 Å². The number of hydrogen-bond acceptors (Lipinski definition) is 4. The minimum absolute atomic E-state index is 0.0648. The van der Waals surface area contributed by atoms with Gasteiger partial charge in [-0.05, 0) is 73.6 Å². The van der Waals surface area contributed by atoms with Crippen LogP contribution >= 0.6 is 0 Å². The maximum atomic E-state index is 13.2. The molecule has 0 atom stereocenters. The molecule has 7 nitrogen and oxygen atoms in total. The number of aryl methyl sites for hydroxylation is 1. The van der Waals surface area contributed by atoms with Gasteiger partial charge >= 0.3 is 11.9 Å². The molecule has 8 heteroatoms. The Morgan fingerprint density at radius 3 is 2.24 bits per heavy atom. The fourth-order valence-electron chi connectivity index (χ4n) is 4.83. The molecule has 2 N–H and O–H groups in total. The Bertz CT molecular complexity index is 1520. The fourth-order valence-corrected chi connectivity index (χ4v) is 4.83. The van der Waals surface area contributed by atoms with E-state index in [1.165, 1.54) is 12.1 Å². The zero-order valence-corrected chi connectivity index (χ0v) is 23.0. The summed E-state index contributed by atoms with van der Waals surface area (Å²) in [6, 6.07) is 19.7. The van der Waals surface area contributed by atoms with Crippen molar-refractivity contribution < 1.29 is 33.7 Å². The standard InChI is InChI=1S/C33H34FNO6/c1-23-29(10-6-12-31(36)37)30-11-4-7-25(33(30)35(23)22-32(38)39)16-13-24-14-17-27(18-15-24)40-19-2-3-20-41-28-9-5-8-26(34)21-28/h4-5,7-9,11,13-18,21H,2-3,6,10,12,19-20,22H2,1H3,(H,36,37)(H,38,39). The maximum Gasteiger partial charge on any atom is 0.323 e. The Kier molecular flexibility index (Phi) is 10.2. The molecule has 4 aromatic rings. The summed E-state index contributed by atoms with van der Waals surface area (Å²) in [4.78, 5) is 22.7. The molecule has 0 bridgehead atoms. The fraction of sp³-hybridized carbons (Fsp3) is 0.273. The third kappa shape index (κ3) is 8.20. The zero-order chi connectivity index (χ0) is 29.2. The summed E-state index contributed by atoms with van der Waals surface area (Å²) in [5.41, 5.74) is 4.51. The normalized spacial score (nSPS) is 11.3. The molecule has 4 rings (SSSR count). The number of fused-ring (bicyclic) bond motifs is 1. The van der Waals surface area contributed by atoms with E-state index in [2.05, 4.69) is 0 Å².